The molecule has 1 aliphatic rings. The average Bonchev–Trinajstić information content (AvgIpc) is 3.61. The van der Waals surface area contributed by atoms with E-state index in [0.717, 1.165) is 36.0 Å². The van der Waals surface area contributed by atoms with Gasteiger partial charge >= 0.3 is 6.03 Å². The molecule has 1 atom stereocenters. The fourth-order valence-corrected chi connectivity index (χ4v) is 5.79. The van der Waals surface area contributed by atoms with Gasteiger partial charge in [0.05, 0.1) is 5.56 Å². The zero-order valence-corrected chi connectivity index (χ0v) is 24.8. The molecule has 2 heterocycles. The first-order valence-corrected chi connectivity index (χ1v) is 14.8. The van der Waals surface area contributed by atoms with Crippen molar-refractivity contribution in [1.82, 2.24) is 20.9 Å². The number of halogens is 1. The van der Waals surface area contributed by atoms with E-state index in [1.807, 2.05) is 30.3 Å². The molecule has 5 rings (SSSR count). The third kappa shape index (κ3) is 6.26. The lowest BCUT2D eigenvalue weighted by atomic mass is 9.84. The third-order valence-electron chi connectivity index (χ3n) is 8.04. The first kappa shape index (κ1) is 29.8. The molecule has 43 heavy (non-hydrogen) atoms. The summed E-state index contributed by atoms with van der Waals surface area (Å²) in [6, 6.07) is 17.2. The second-order valence-corrected chi connectivity index (χ2v) is 10.8. The molecule has 8 nitrogen and oxygen atoms in total. The zero-order chi connectivity index (χ0) is 30.5. The first-order valence-electron chi connectivity index (χ1n) is 14.8. The van der Waals surface area contributed by atoms with Crippen LogP contribution in [-0.2, 0) is 0 Å². The Labute approximate surface area is 250 Å². The number of hydrogen-bond donors (Lipinski definition) is 3. The van der Waals surface area contributed by atoms with Crippen LogP contribution in [0.25, 0.3) is 33.4 Å². The minimum Gasteiger partial charge on any atom is -0.455 e. The van der Waals surface area contributed by atoms with Crippen molar-refractivity contribution < 1.29 is 23.2 Å². The normalized spacial score (nSPS) is 13.7. The number of rotatable bonds is 11. The first-order chi connectivity index (χ1) is 20.8. The smallest absolute Gasteiger partial charge is 0.317 e. The van der Waals surface area contributed by atoms with Crippen LogP contribution in [0.5, 0.6) is 0 Å². The number of nitrogens with one attached hydrogen (secondary N) is 3. The van der Waals surface area contributed by atoms with Gasteiger partial charge in [-0.05, 0) is 84.0 Å². The standard InChI is InChI=1S/C34H37FN4O4/c1-4-7-21(5-2)27-20-29-28(30(33(41)36-3)31(43-29)22-10-12-25(35)13-11-22)19-26(27)23-8-6-9-24(18-23)32(40)37-14-16-39-17-15-38-34(39)42/h6,8-13,18-21H,4-5,7,14-17H2,1-3H3,(H,36,41)(H,37,40)(H,38,42). The lowest BCUT2D eigenvalue weighted by Gasteiger charge is -2.20. The number of nitrogens with zero attached hydrogens (tertiary/aromatic N) is 1. The van der Waals surface area contributed by atoms with Crippen molar-refractivity contribution in [2.24, 2.45) is 0 Å². The molecule has 3 aromatic carbocycles. The Morgan fingerprint density at radius 2 is 1.84 bits per heavy atom. The Morgan fingerprint density at radius 1 is 1.05 bits per heavy atom. The van der Waals surface area contributed by atoms with Gasteiger partial charge in [0.2, 0.25) is 0 Å². The quantitative estimate of drug-likeness (QED) is 0.192. The van der Waals surface area contributed by atoms with Crippen LogP contribution in [0.4, 0.5) is 9.18 Å². The second-order valence-electron chi connectivity index (χ2n) is 10.8. The maximum atomic E-state index is 13.7. The number of carbonyl (C=O) groups excluding carboxylic acids is 3. The molecule has 0 aliphatic carbocycles. The largest absolute Gasteiger partial charge is 0.455 e. The number of fused-ring (bicyclic) bond motifs is 1. The number of furan rings is 1. The van der Waals surface area contributed by atoms with Gasteiger partial charge in [-0.2, -0.15) is 0 Å². The Kier molecular flexibility index (Phi) is 9.09. The molecule has 3 N–H and O–H groups in total. The van der Waals surface area contributed by atoms with Gasteiger partial charge in [-0.25, -0.2) is 9.18 Å². The summed E-state index contributed by atoms with van der Waals surface area (Å²) in [5.41, 5.74) is 4.91. The molecule has 4 amide bonds. The van der Waals surface area contributed by atoms with Crippen LogP contribution < -0.4 is 16.0 Å². The van der Waals surface area contributed by atoms with Gasteiger partial charge in [0, 0.05) is 49.7 Å². The highest BCUT2D eigenvalue weighted by molar-refractivity contribution is 6.12. The Hall–Kier alpha value is -4.66. The third-order valence-corrected chi connectivity index (χ3v) is 8.04. The molecular weight excluding hydrogens is 547 g/mol. The van der Waals surface area contributed by atoms with Crippen LogP contribution in [0.2, 0.25) is 0 Å². The van der Waals surface area contributed by atoms with E-state index < -0.39 is 0 Å². The molecule has 0 spiro atoms. The van der Waals surface area contributed by atoms with E-state index in [1.54, 1.807) is 30.1 Å². The van der Waals surface area contributed by atoms with Crippen molar-refractivity contribution in [1.29, 1.82) is 0 Å². The SMILES string of the molecule is CCCC(CC)c1cc2oc(-c3ccc(F)cc3)c(C(=O)NC)c2cc1-c1cccc(C(=O)NCCN2CCNC2=O)c1. The van der Waals surface area contributed by atoms with Gasteiger partial charge in [0.15, 0.2) is 0 Å². The van der Waals surface area contributed by atoms with E-state index in [4.69, 9.17) is 4.42 Å². The number of urea groups is 1. The molecule has 0 radical (unpaired) electrons. The number of benzene rings is 3. The molecule has 4 aromatic rings. The maximum absolute atomic E-state index is 13.7. The van der Waals surface area contributed by atoms with Crippen LogP contribution in [0.1, 0.15) is 65.3 Å². The van der Waals surface area contributed by atoms with Crippen LogP contribution in [-0.4, -0.2) is 56.0 Å². The maximum Gasteiger partial charge on any atom is 0.317 e. The lowest BCUT2D eigenvalue weighted by molar-refractivity contribution is 0.0947. The summed E-state index contributed by atoms with van der Waals surface area (Å²) in [4.78, 5) is 39.8. The summed E-state index contributed by atoms with van der Waals surface area (Å²) >= 11 is 0. The van der Waals surface area contributed by atoms with Crippen molar-refractivity contribution in [2.45, 2.75) is 39.0 Å². The predicted octanol–water partition coefficient (Wildman–Crippen LogP) is 6.31. The van der Waals surface area contributed by atoms with E-state index in [-0.39, 0.29) is 29.6 Å². The van der Waals surface area contributed by atoms with Crippen molar-refractivity contribution in [2.75, 3.05) is 33.2 Å². The minimum atomic E-state index is -0.373. The number of hydrogen-bond acceptors (Lipinski definition) is 4. The average molecular weight is 585 g/mol. The predicted molar refractivity (Wildman–Crippen MR) is 166 cm³/mol. The van der Waals surface area contributed by atoms with E-state index in [9.17, 15) is 18.8 Å². The van der Waals surface area contributed by atoms with Crippen LogP contribution in [0.15, 0.2) is 65.1 Å². The fraction of sp³-hybridized carbons (Fsp3) is 0.324. The Balaban J connectivity index is 1.58. The van der Waals surface area contributed by atoms with Crippen molar-refractivity contribution in [3.63, 3.8) is 0 Å². The molecule has 1 fully saturated rings. The van der Waals surface area contributed by atoms with Gasteiger partial charge in [0.25, 0.3) is 11.8 Å². The van der Waals surface area contributed by atoms with Crippen LogP contribution >= 0.6 is 0 Å². The summed E-state index contributed by atoms with van der Waals surface area (Å²) in [6.45, 7) is 6.33. The van der Waals surface area contributed by atoms with Crippen molar-refractivity contribution in [3.05, 3.63) is 83.2 Å². The Bertz CT molecular complexity index is 1650. The monoisotopic (exact) mass is 584 g/mol. The summed E-state index contributed by atoms with van der Waals surface area (Å²) in [7, 11) is 1.57. The molecule has 0 bridgehead atoms. The summed E-state index contributed by atoms with van der Waals surface area (Å²) in [6.07, 6.45) is 2.87. The van der Waals surface area contributed by atoms with Crippen molar-refractivity contribution >= 4 is 28.8 Å². The van der Waals surface area contributed by atoms with Gasteiger partial charge in [-0.3, -0.25) is 9.59 Å². The Morgan fingerprint density at radius 3 is 2.51 bits per heavy atom. The second kappa shape index (κ2) is 13.1. The van der Waals surface area contributed by atoms with Gasteiger partial charge in [-0.1, -0.05) is 32.4 Å². The molecule has 1 aromatic heterocycles. The molecular formula is C34H37FN4O4. The zero-order valence-electron chi connectivity index (χ0n) is 24.8. The number of carbonyl (C=O) groups is 3. The molecule has 1 saturated heterocycles. The highest BCUT2D eigenvalue weighted by Gasteiger charge is 2.25. The molecule has 1 aliphatic heterocycles. The van der Waals surface area contributed by atoms with E-state index >= 15 is 0 Å². The summed E-state index contributed by atoms with van der Waals surface area (Å²) < 4.78 is 20.0. The van der Waals surface area contributed by atoms with Crippen molar-refractivity contribution in [3.8, 4) is 22.5 Å². The van der Waals surface area contributed by atoms with E-state index in [1.165, 1.54) is 12.1 Å². The highest BCUT2D eigenvalue weighted by atomic mass is 19.1. The molecule has 224 valence electrons. The topological polar surface area (TPSA) is 104 Å². The van der Waals surface area contributed by atoms with Gasteiger partial charge < -0.3 is 25.3 Å². The van der Waals surface area contributed by atoms with Crippen LogP contribution in [0.3, 0.4) is 0 Å². The van der Waals surface area contributed by atoms with Crippen LogP contribution in [0, 0.1) is 5.82 Å². The lowest BCUT2D eigenvalue weighted by Crippen LogP contribution is -2.36. The molecule has 0 saturated carbocycles. The van der Waals surface area contributed by atoms with E-state index in [0.29, 0.717) is 59.6 Å². The molecule has 9 heteroatoms. The summed E-state index contributed by atoms with van der Waals surface area (Å²) in [5.74, 6) is -0.298. The number of amides is 4. The van der Waals surface area contributed by atoms with Gasteiger partial charge in [-0.15, -0.1) is 0 Å². The molecule has 1 unspecified atom stereocenters. The highest BCUT2D eigenvalue weighted by Crippen LogP contribution is 2.41. The minimum absolute atomic E-state index is 0.116. The summed E-state index contributed by atoms with van der Waals surface area (Å²) in [5, 5.41) is 9.05. The van der Waals surface area contributed by atoms with E-state index in [2.05, 4.69) is 29.8 Å². The fourth-order valence-electron chi connectivity index (χ4n) is 5.79. The van der Waals surface area contributed by atoms with Gasteiger partial charge in [0.1, 0.15) is 17.2 Å².